The van der Waals surface area contributed by atoms with Gasteiger partial charge in [0.05, 0.1) is 13.2 Å². The second-order valence-corrected chi connectivity index (χ2v) is 9.32. The number of ether oxygens (including phenoxy) is 2. The van der Waals surface area contributed by atoms with E-state index >= 15 is 4.39 Å². The lowest BCUT2D eigenvalue weighted by Gasteiger charge is -2.35. The molecule has 2 aromatic rings. The van der Waals surface area contributed by atoms with E-state index in [1.54, 1.807) is 45.3 Å². The summed E-state index contributed by atoms with van der Waals surface area (Å²) in [4.78, 5) is 25.1. The maximum absolute atomic E-state index is 15.0. The zero-order valence-corrected chi connectivity index (χ0v) is 17.8. The SMILES string of the molecule is CC(C)(C)OC(=O)NC1=NC2(c3cc(-c4cncnc4)ccc3F)COCC2CS1. The van der Waals surface area contributed by atoms with Crippen LogP contribution in [0.5, 0.6) is 0 Å². The van der Waals surface area contributed by atoms with Crippen LogP contribution in [0, 0.1) is 11.7 Å². The molecule has 1 aromatic heterocycles. The standard InChI is InChI=1S/C21H23FN4O3S/c1-20(2,3)29-19(27)25-18-26-21(11-28-9-15(21)10-30-18)16-6-13(4-5-17(16)22)14-7-23-12-24-8-14/h4-8,12,15H,9-11H2,1-3H3,(H,25,26,27). The molecular formula is C21H23FN4O3S. The Labute approximate surface area is 178 Å². The number of halogens is 1. The molecule has 0 aliphatic carbocycles. The van der Waals surface area contributed by atoms with E-state index in [1.165, 1.54) is 24.2 Å². The first-order valence-electron chi connectivity index (χ1n) is 9.63. The molecule has 1 aromatic carbocycles. The van der Waals surface area contributed by atoms with Gasteiger partial charge in [-0.1, -0.05) is 17.8 Å². The number of amides is 1. The van der Waals surface area contributed by atoms with Crippen molar-refractivity contribution in [2.45, 2.75) is 31.9 Å². The van der Waals surface area contributed by atoms with Gasteiger partial charge in [-0.15, -0.1) is 0 Å². The molecule has 1 amide bonds. The van der Waals surface area contributed by atoms with Crippen molar-refractivity contribution in [3.05, 3.63) is 48.3 Å². The molecule has 4 rings (SSSR count). The van der Waals surface area contributed by atoms with E-state index in [9.17, 15) is 4.79 Å². The number of benzene rings is 1. The van der Waals surface area contributed by atoms with Gasteiger partial charge in [-0.05, 0) is 38.5 Å². The van der Waals surface area contributed by atoms with Gasteiger partial charge in [-0.25, -0.2) is 24.1 Å². The minimum atomic E-state index is -0.911. The number of carbonyl (C=O) groups is 1. The minimum Gasteiger partial charge on any atom is -0.444 e. The third-order valence-electron chi connectivity index (χ3n) is 4.97. The van der Waals surface area contributed by atoms with Crippen LogP contribution in [0.25, 0.3) is 11.1 Å². The van der Waals surface area contributed by atoms with E-state index in [1.807, 2.05) is 0 Å². The topological polar surface area (TPSA) is 85.7 Å². The molecule has 2 unspecified atom stereocenters. The van der Waals surface area contributed by atoms with Crippen LogP contribution < -0.4 is 5.32 Å². The molecule has 0 radical (unpaired) electrons. The van der Waals surface area contributed by atoms with Gasteiger partial charge < -0.3 is 9.47 Å². The van der Waals surface area contributed by atoms with Crippen molar-refractivity contribution >= 4 is 23.0 Å². The van der Waals surface area contributed by atoms with E-state index < -0.39 is 17.2 Å². The highest BCUT2D eigenvalue weighted by atomic mass is 32.2. The first kappa shape index (κ1) is 20.7. The summed E-state index contributed by atoms with van der Waals surface area (Å²) in [7, 11) is 0. The number of thioether (sulfide) groups is 1. The van der Waals surface area contributed by atoms with Crippen molar-refractivity contribution in [2.75, 3.05) is 19.0 Å². The summed E-state index contributed by atoms with van der Waals surface area (Å²) in [6.07, 6.45) is 4.22. The second kappa shape index (κ2) is 7.96. The van der Waals surface area contributed by atoms with Crippen molar-refractivity contribution in [3.8, 4) is 11.1 Å². The number of amidine groups is 1. The first-order valence-corrected chi connectivity index (χ1v) is 10.6. The number of fused-ring (bicyclic) bond motifs is 1. The summed E-state index contributed by atoms with van der Waals surface area (Å²) in [5, 5.41) is 3.10. The van der Waals surface area contributed by atoms with Crippen molar-refractivity contribution in [3.63, 3.8) is 0 Å². The van der Waals surface area contributed by atoms with Gasteiger partial charge >= 0.3 is 6.09 Å². The number of rotatable bonds is 2. The molecule has 1 saturated heterocycles. The number of carbonyl (C=O) groups excluding carboxylic acids is 1. The van der Waals surface area contributed by atoms with Gasteiger partial charge in [0, 0.05) is 35.2 Å². The highest BCUT2D eigenvalue weighted by molar-refractivity contribution is 8.13. The van der Waals surface area contributed by atoms with E-state index in [0.717, 1.165) is 11.1 Å². The molecule has 9 heteroatoms. The molecule has 1 fully saturated rings. The molecule has 0 bridgehead atoms. The van der Waals surface area contributed by atoms with Crippen LogP contribution in [0.4, 0.5) is 9.18 Å². The molecule has 3 heterocycles. The fourth-order valence-corrected chi connectivity index (χ4v) is 4.73. The minimum absolute atomic E-state index is 0.0107. The molecule has 2 aliphatic rings. The molecule has 2 atom stereocenters. The lowest BCUT2D eigenvalue weighted by molar-refractivity contribution is 0.0564. The highest BCUT2D eigenvalue weighted by Gasteiger charge is 2.50. The van der Waals surface area contributed by atoms with Crippen LogP contribution in [0.1, 0.15) is 26.3 Å². The fourth-order valence-electron chi connectivity index (χ4n) is 3.61. The van der Waals surface area contributed by atoms with E-state index in [4.69, 9.17) is 14.5 Å². The number of hydrogen-bond donors (Lipinski definition) is 1. The largest absolute Gasteiger partial charge is 0.444 e. The Morgan fingerprint density at radius 1 is 1.30 bits per heavy atom. The molecule has 30 heavy (non-hydrogen) atoms. The first-order chi connectivity index (χ1) is 14.3. The third kappa shape index (κ3) is 4.17. The van der Waals surface area contributed by atoms with Crippen LogP contribution >= 0.6 is 11.8 Å². The van der Waals surface area contributed by atoms with Crippen LogP contribution in [-0.2, 0) is 15.0 Å². The Hall–Kier alpha value is -2.52. The van der Waals surface area contributed by atoms with Crippen molar-refractivity contribution in [2.24, 2.45) is 10.9 Å². The monoisotopic (exact) mass is 430 g/mol. The van der Waals surface area contributed by atoms with Gasteiger partial charge in [0.2, 0.25) is 0 Å². The van der Waals surface area contributed by atoms with Crippen LogP contribution in [-0.4, -0.2) is 45.8 Å². The van der Waals surface area contributed by atoms with Gasteiger partial charge in [-0.3, -0.25) is 5.32 Å². The Morgan fingerprint density at radius 3 is 2.80 bits per heavy atom. The smallest absolute Gasteiger partial charge is 0.413 e. The van der Waals surface area contributed by atoms with E-state index in [2.05, 4.69) is 15.3 Å². The molecule has 1 N–H and O–H groups in total. The van der Waals surface area contributed by atoms with Crippen LogP contribution in [0.3, 0.4) is 0 Å². The average molecular weight is 431 g/mol. The number of aliphatic imine (C=N–C) groups is 1. The van der Waals surface area contributed by atoms with Gasteiger partial charge in [-0.2, -0.15) is 0 Å². The Bertz CT molecular complexity index is 980. The van der Waals surface area contributed by atoms with E-state index in [0.29, 0.717) is 23.1 Å². The maximum Gasteiger partial charge on any atom is 0.413 e. The number of nitrogens with zero attached hydrogens (tertiary/aromatic N) is 3. The predicted octanol–water partition coefficient (Wildman–Crippen LogP) is 3.75. The average Bonchev–Trinajstić information content (AvgIpc) is 3.11. The van der Waals surface area contributed by atoms with E-state index in [-0.39, 0.29) is 18.3 Å². The molecule has 2 aliphatic heterocycles. The number of hydrogen-bond acceptors (Lipinski definition) is 7. The van der Waals surface area contributed by atoms with Crippen molar-refractivity contribution in [1.82, 2.24) is 15.3 Å². The lowest BCUT2D eigenvalue weighted by Crippen LogP contribution is -2.43. The fraction of sp³-hybridized carbons (Fsp3) is 0.429. The Kier molecular flexibility index (Phi) is 5.50. The molecule has 158 valence electrons. The Morgan fingerprint density at radius 2 is 2.07 bits per heavy atom. The van der Waals surface area contributed by atoms with Crippen molar-refractivity contribution < 1.29 is 18.7 Å². The van der Waals surface area contributed by atoms with Gasteiger partial charge in [0.15, 0.2) is 5.17 Å². The third-order valence-corrected chi connectivity index (χ3v) is 6.01. The van der Waals surface area contributed by atoms with Crippen molar-refractivity contribution in [1.29, 1.82) is 0 Å². The normalized spacial score (nSPS) is 23.5. The highest BCUT2D eigenvalue weighted by Crippen LogP contribution is 2.46. The number of aromatic nitrogens is 2. The van der Waals surface area contributed by atoms with Crippen LogP contribution in [0.2, 0.25) is 0 Å². The second-order valence-electron chi connectivity index (χ2n) is 8.31. The summed E-state index contributed by atoms with van der Waals surface area (Å²) in [6, 6.07) is 4.90. The zero-order chi connectivity index (χ0) is 21.4. The molecule has 0 saturated carbocycles. The zero-order valence-electron chi connectivity index (χ0n) is 17.0. The predicted molar refractivity (Wildman–Crippen MR) is 113 cm³/mol. The van der Waals surface area contributed by atoms with Gasteiger partial charge in [0.1, 0.15) is 23.3 Å². The number of nitrogens with one attached hydrogen (secondary N) is 1. The Balaban J connectivity index is 1.71. The summed E-state index contributed by atoms with van der Waals surface area (Å²) in [6.45, 7) is 6.09. The summed E-state index contributed by atoms with van der Waals surface area (Å²) in [5.41, 5.74) is 0.480. The maximum atomic E-state index is 15.0. The molecule has 7 nitrogen and oxygen atoms in total. The lowest BCUT2D eigenvalue weighted by atomic mass is 9.80. The van der Waals surface area contributed by atoms with Gasteiger partial charge in [0.25, 0.3) is 0 Å². The summed E-state index contributed by atoms with van der Waals surface area (Å²) in [5.74, 6) is 0.272. The molecular weight excluding hydrogens is 407 g/mol. The van der Waals surface area contributed by atoms with Crippen LogP contribution in [0.15, 0.2) is 41.9 Å². The molecule has 0 spiro atoms. The quantitative estimate of drug-likeness (QED) is 0.781. The summed E-state index contributed by atoms with van der Waals surface area (Å²) >= 11 is 1.41. The number of alkyl carbamates (subject to hydrolysis) is 1. The summed E-state index contributed by atoms with van der Waals surface area (Å²) < 4.78 is 26.1.